The first kappa shape index (κ1) is 42.1. The molecular formula is C27H55N7O9. The van der Waals surface area contributed by atoms with Gasteiger partial charge in [0.15, 0.2) is 0 Å². The molecule has 16 heteroatoms. The average molecular weight is 622 g/mol. The minimum absolute atomic E-state index is 0.295. The summed E-state index contributed by atoms with van der Waals surface area (Å²) in [5, 5.41) is 14.3. The fourth-order valence-electron chi connectivity index (χ4n) is 2.49. The van der Waals surface area contributed by atoms with Gasteiger partial charge in [0.25, 0.3) is 0 Å². The highest BCUT2D eigenvalue weighted by atomic mass is 16.6. The normalized spacial score (nSPS) is 11.3. The van der Waals surface area contributed by atoms with Crippen molar-refractivity contribution in [1.29, 1.82) is 0 Å². The van der Waals surface area contributed by atoms with E-state index in [1.165, 1.54) is 0 Å². The smallest absolute Gasteiger partial charge is 0.407 e. The maximum Gasteiger partial charge on any atom is 0.407 e. The van der Waals surface area contributed by atoms with E-state index in [0.717, 1.165) is 0 Å². The van der Waals surface area contributed by atoms with E-state index in [2.05, 4.69) is 31.3 Å². The lowest BCUT2D eigenvalue weighted by atomic mass is 10.2. The number of azide groups is 1. The van der Waals surface area contributed by atoms with Crippen LogP contribution in [-0.4, -0.2) is 114 Å². The standard InChI is InChI=1S/C18H37N3O6.C9H18N4O3/c1-17(2,3)26-15(22)20-9-13-24-11-7-19-8-12-25-14-10-21-16(23)27-18(4,5)6;1-9(2,3)16-8(14)11-4-6-15-7-5-12-13-10/h19H,7-14H2,1-6H3,(H,20,22)(H,21,23);4-7H2,1-3H3,(H,11,14). The lowest BCUT2D eigenvalue weighted by Crippen LogP contribution is -2.35. The molecule has 0 aliphatic rings. The topological polar surface area (TPSA) is 203 Å². The maximum atomic E-state index is 11.4. The zero-order valence-corrected chi connectivity index (χ0v) is 27.5. The number of hydrogen-bond donors (Lipinski definition) is 4. The van der Waals surface area contributed by atoms with Crippen molar-refractivity contribution in [3.8, 4) is 0 Å². The summed E-state index contributed by atoms with van der Waals surface area (Å²) >= 11 is 0. The second-order valence-corrected chi connectivity index (χ2v) is 11.8. The van der Waals surface area contributed by atoms with Crippen LogP contribution in [0.4, 0.5) is 14.4 Å². The largest absolute Gasteiger partial charge is 0.444 e. The number of amides is 3. The molecule has 0 aromatic rings. The number of ether oxygens (including phenoxy) is 6. The molecule has 0 atom stereocenters. The molecule has 0 saturated heterocycles. The van der Waals surface area contributed by atoms with Crippen LogP contribution in [0, 0.1) is 0 Å². The van der Waals surface area contributed by atoms with Crippen LogP contribution in [0.15, 0.2) is 5.11 Å². The van der Waals surface area contributed by atoms with Crippen molar-refractivity contribution in [1.82, 2.24) is 21.3 Å². The lowest BCUT2D eigenvalue weighted by molar-refractivity contribution is 0.0489. The molecule has 4 N–H and O–H groups in total. The molecular weight excluding hydrogens is 566 g/mol. The Kier molecular flexibility index (Phi) is 23.9. The minimum Gasteiger partial charge on any atom is -0.444 e. The molecule has 0 saturated carbocycles. The molecule has 0 aromatic carbocycles. The molecule has 0 spiro atoms. The summed E-state index contributed by atoms with van der Waals surface area (Å²) in [4.78, 5) is 36.5. The highest BCUT2D eigenvalue weighted by Gasteiger charge is 2.17. The van der Waals surface area contributed by atoms with Gasteiger partial charge in [0.1, 0.15) is 16.8 Å². The van der Waals surface area contributed by atoms with E-state index in [9.17, 15) is 14.4 Å². The lowest BCUT2D eigenvalue weighted by Gasteiger charge is -2.19. The van der Waals surface area contributed by atoms with Crippen molar-refractivity contribution >= 4 is 18.3 Å². The van der Waals surface area contributed by atoms with Crippen molar-refractivity contribution in [3.63, 3.8) is 0 Å². The number of rotatable bonds is 18. The van der Waals surface area contributed by atoms with Crippen LogP contribution in [0.1, 0.15) is 62.3 Å². The van der Waals surface area contributed by atoms with Crippen LogP contribution < -0.4 is 21.3 Å². The zero-order chi connectivity index (χ0) is 33.2. The van der Waals surface area contributed by atoms with Crippen molar-refractivity contribution in [2.45, 2.75) is 79.1 Å². The highest BCUT2D eigenvalue weighted by Crippen LogP contribution is 2.07. The molecule has 0 aromatic heterocycles. The first-order valence-corrected chi connectivity index (χ1v) is 14.3. The summed E-state index contributed by atoms with van der Waals surface area (Å²) in [6, 6.07) is 0. The van der Waals surface area contributed by atoms with Crippen LogP contribution in [0.2, 0.25) is 0 Å². The number of carbonyl (C=O) groups is 3. The molecule has 0 radical (unpaired) electrons. The second-order valence-electron chi connectivity index (χ2n) is 11.8. The molecule has 0 aliphatic carbocycles. The molecule has 252 valence electrons. The molecule has 0 rings (SSSR count). The van der Waals surface area contributed by atoms with E-state index in [-0.39, 0.29) is 0 Å². The first-order chi connectivity index (χ1) is 19.9. The maximum absolute atomic E-state index is 11.4. The summed E-state index contributed by atoms with van der Waals surface area (Å²) in [7, 11) is 0. The Balaban J connectivity index is 0. The number of nitrogens with one attached hydrogen (secondary N) is 4. The first-order valence-electron chi connectivity index (χ1n) is 14.3. The number of carbonyl (C=O) groups excluding carboxylic acids is 3. The second kappa shape index (κ2) is 24.4. The van der Waals surface area contributed by atoms with Crippen LogP contribution in [0.25, 0.3) is 10.4 Å². The van der Waals surface area contributed by atoms with Gasteiger partial charge in [-0.3, -0.25) is 0 Å². The van der Waals surface area contributed by atoms with E-state index in [4.69, 9.17) is 34.0 Å². The van der Waals surface area contributed by atoms with Gasteiger partial charge < -0.3 is 49.7 Å². The minimum atomic E-state index is -0.497. The summed E-state index contributed by atoms with van der Waals surface area (Å²) in [5.74, 6) is 0. The fraction of sp³-hybridized carbons (Fsp3) is 0.889. The molecule has 0 aliphatic heterocycles. The van der Waals surface area contributed by atoms with Crippen LogP contribution >= 0.6 is 0 Å². The monoisotopic (exact) mass is 621 g/mol. The van der Waals surface area contributed by atoms with Gasteiger partial charge in [-0.15, -0.1) is 0 Å². The van der Waals surface area contributed by atoms with Gasteiger partial charge >= 0.3 is 18.3 Å². The van der Waals surface area contributed by atoms with Crippen molar-refractivity contribution in [2.75, 3.05) is 78.9 Å². The van der Waals surface area contributed by atoms with Crippen LogP contribution in [0.3, 0.4) is 0 Å². The molecule has 0 fully saturated rings. The van der Waals surface area contributed by atoms with Crippen LogP contribution in [-0.2, 0) is 28.4 Å². The zero-order valence-electron chi connectivity index (χ0n) is 27.5. The molecule has 0 bridgehead atoms. The van der Waals surface area contributed by atoms with Gasteiger partial charge in [-0.25, -0.2) is 14.4 Å². The van der Waals surface area contributed by atoms with E-state index >= 15 is 0 Å². The van der Waals surface area contributed by atoms with E-state index in [1.54, 1.807) is 20.8 Å². The number of hydrogen-bond acceptors (Lipinski definition) is 11. The Morgan fingerprint density at radius 3 is 1.16 bits per heavy atom. The summed E-state index contributed by atoms with van der Waals surface area (Å²) in [5.41, 5.74) is 6.49. The molecule has 0 heterocycles. The third kappa shape index (κ3) is 39.0. The summed E-state index contributed by atoms with van der Waals surface area (Å²) < 4.78 is 31.1. The highest BCUT2D eigenvalue weighted by molar-refractivity contribution is 5.68. The van der Waals surface area contributed by atoms with E-state index in [0.29, 0.717) is 78.9 Å². The Labute approximate surface area is 256 Å². The molecule has 43 heavy (non-hydrogen) atoms. The third-order valence-corrected chi connectivity index (χ3v) is 3.99. The van der Waals surface area contributed by atoms with Crippen molar-refractivity contribution in [2.24, 2.45) is 5.11 Å². The van der Waals surface area contributed by atoms with Gasteiger partial charge in [-0.05, 0) is 67.8 Å². The summed E-state index contributed by atoms with van der Waals surface area (Å²) in [6.45, 7) is 21.8. The summed E-state index contributed by atoms with van der Waals surface area (Å²) in [6.07, 6.45) is -1.35. The van der Waals surface area contributed by atoms with Gasteiger partial charge in [0.05, 0.1) is 39.6 Å². The quantitative estimate of drug-likeness (QED) is 0.0576. The predicted molar refractivity (Wildman–Crippen MR) is 162 cm³/mol. The van der Waals surface area contributed by atoms with Crippen molar-refractivity contribution in [3.05, 3.63) is 10.4 Å². The van der Waals surface area contributed by atoms with Gasteiger partial charge in [0.2, 0.25) is 0 Å². The predicted octanol–water partition coefficient (Wildman–Crippen LogP) is 3.50. The molecule has 3 amide bonds. The fourth-order valence-corrected chi connectivity index (χ4v) is 2.49. The van der Waals surface area contributed by atoms with Crippen LogP contribution in [0.5, 0.6) is 0 Å². The average Bonchev–Trinajstić information content (AvgIpc) is 2.83. The number of nitrogens with zero attached hydrogens (tertiary/aromatic N) is 3. The van der Waals surface area contributed by atoms with Gasteiger partial charge in [-0.1, -0.05) is 5.11 Å². The Bertz CT molecular complexity index is 766. The van der Waals surface area contributed by atoms with Crippen molar-refractivity contribution < 1.29 is 42.8 Å². The molecule has 16 nitrogen and oxygen atoms in total. The third-order valence-electron chi connectivity index (χ3n) is 3.99. The van der Waals surface area contributed by atoms with Gasteiger partial charge in [0, 0.05) is 44.2 Å². The Hall–Kier alpha value is -3.04. The molecule has 0 unspecified atom stereocenters. The van der Waals surface area contributed by atoms with Gasteiger partial charge in [-0.2, -0.15) is 0 Å². The SMILES string of the molecule is CC(C)(C)OC(=O)NCCOCCN=[N+]=[N-].CC(C)(C)OC(=O)NCCOCCNCCOCCNC(=O)OC(C)(C)C. The van der Waals surface area contributed by atoms with E-state index < -0.39 is 35.1 Å². The Morgan fingerprint density at radius 1 is 0.558 bits per heavy atom. The Morgan fingerprint density at radius 2 is 0.860 bits per heavy atom. The van der Waals surface area contributed by atoms with E-state index in [1.807, 2.05) is 41.5 Å². The number of alkyl carbamates (subject to hydrolysis) is 3.